The molecule has 0 aromatic heterocycles. The molecule has 0 saturated heterocycles. The van der Waals surface area contributed by atoms with Crippen LogP contribution in [0.5, 0.6) is 5.75 Å². The van der Waals surface area contributed by atoms with Gasteiger partial charge in [0.05, 0.1) is 28.8 Å². The van der Waals surface area contributed by atoms with Crippen molar-refractivity contribution in [2.24, 2.45) is 5.10 Å². The highest BCUT2D eigenvalue weighted by atomic mass is 32.2. The highest BCUT2D eigenvalue weighted by Crippen LogP contribution is 2.27. The lowest BCUT2D eigenvalue weighted by Gasteiger charge is -2.24. The summed E-state index contributed by atoms with van der Waals surface area (Å²) in [4.78, 5) is 23.3. The standard InChI is InChI=1S/C24H24N4O6S/c1-17-11-18(2)13-20(12-17)27(35(32,33)21-7-5-4-6-8-21)16-24(29)26-25-15-19-9-10-23(34-3)22(14-19)28(30)31/h4-15H,16H2,1-3H3,(H,26,29)/b25-15-. The number of aryl methyl sites for hydroxylation is 2. The fraction of sp³-hybridized carbons (Fsp3) is 0.167. The summed E-state index contributed by atoms with van der Waals surface area (Å²) in [5, 5.41) is 15.0. The van der Waals surface area contributed by atoms with Crippen LogP contribution < -0.4 is 14.5 Å². The number of hydrazone groups is 1. The molecule has 0 aliphatic rings. The number of nitrogens with one attached hydrogen (secondary N) is 1. The van der Waals surface area contributed by atoms with E-state index in [1.807, 2.05) is 19.9 Å². The average Bonchev–Trinajstić information content (AvgIpc) is 2.82. The first-order valence-electron chi connectivity index (χ1n) is 10.4. The van der Waals surface area contributed by atoms with Crippen LogP contribution in [-0.4, -0.2) is 39.1 Å². The molecule has 0 fully saturated rings. The third-order valence-corrected chi connectivity index (χ3v) is 6.70. The minimum Gasteiger partial charge on any atom is -0.490 e. The maximum Gasteiger partial charge on any atom is 0.311 e. The third kappa shape index (κ3) is 6.21. The van der Waals surface area contributed by atoms with Crippen LogP contribution in [0.25, 0.3) is 0 Å². The Labute approximate surface area is 203 Å². The van der Waals surface area contributed by atoms with E-state index in [1.165, 1.54) is 43.7 Å². The summed E-state index contributed by atoms with van der Waals surface area (Å²) in [5.41, 5.74) is 4.41. The Morgan fingerprint density at radius 2 is 1.74 bits per heavy atom. The van der Waals surface area contributed by atoms with Gasteiger partial charge >= 0.3 is 5.69 Å². The topological polar surface area (TPSA) is 131 Å². The van der Waals surface area contributed by atoms with Gasteiger partial charge in [-0.1, -0.05) is 24.3 Å². The van der Waals surface area contributed by atoms with E-state index in [1.54, 1.807) is 30.3 Å². The second-order valence-electron chi connectivity index (χ2n) is 7.65. The van der Waals surface area contributed by atoms with Crippen LogP contribution in [0.3, 0.4) is 0 Å². The molecule has 0 aliphatic carbocycles. The van der Waals surface area contributed by atoms with E-state index in [0.29, 0.717) is 11.3 Å². The number of benzene rings is 3. The van der Waals surface area contributed by atoms with Gasteiger partial charge in [0, 0.05) is 11.6 Å². The Morgan fingerprint density at radius 1 is 1.09 bits per heavy atom. The van der Waals surface area contributed by atoms with Crippen molar-refractivity contribution in [3.05, 3.63) is 93.5 Å². The van der Waals surface area contributed by atoms with Crippen molar-refractivity contribution < 1.29 is 22.9 Å². The lowest BCUT2D eigenvalue weighted by Crippen LogP contribution is -2.39. The zero-order valence-electron chi connectivity index (χ0n) is 19.3. The predicted octanol–water partition coefficient (Wildman–Crippen LogP) is 3.57. The van der Waals surface area contributed by atoms with Crippen LogP contribution in [0.15, 0.2) is 76.7 Å². The average molecular weight is 497 g/mol. The second-order valence-corrected chi connectivity index (χ2v) is 9.51. The number of hydrogen-bond acceptors (Lipinski definition) is 7. The van der Waals surface area contributed by atoms with Gasteiger partial charge in [-0.3, -0.25) is 19.2 Å². The highest BCUT2D eigenvalue weighted by Gasteiger charge is 2.27. The van der Waals surface area contributed by atoms with E-state index in [4.69, 9.17) is 4.74 Å². The first-order chi connectivity index (χ1) is 16.6. The van der Waals surface area contributed by atoms with E-state index in [-0.39, 0.29) is 16.3 Å². The molecule has 0 saturated carbocycles. The Kier molecular flexibility index (Phi) is 7.82. The predicted molar refractivity (Wildman–Crippen MR) is 132 cm³/mol. The molecule has 3 aromatic rings. The van der Waals surface area contributed by atoms with Crippen molar-refractivity contribution in [2.45, 2.75) is 18.7 Å². The SMILES string of the molecule is COc1ccc(/C=N\NC(=O)CN(c2cc(C)cc(C)c2)S(=O)(=O)c2ccccc2)cc1[N+](=O)[O-]. The Balaban J connectivity index is 1.85. The number of nitro groups is 1. The maximum atomic E-state index is 13.4. The van der Waals surface area contributed by atoms with Gasteiger partial charge in [0.25, 0.3) is 15.9 Å². The quantitative estimate of drug-likeness (QED) is 0.274. The molecular formula is C24H24N4O6S. The minimum atomic E-state index is -4.05. The third-order valence-electron chi connectivity index (χ3n) is 4.92. The van der Waals surface area contributed by atoms with Gasteiger partial charge in [0.2, 0.25) is 0 Å². The van der Waals surface area contributed by atoms with E-state index in [9.17, 15) is 23.3 Å². The number of sulfonamides is 1. The number of anilines is 1. The summed E-state index contributed by atoms with van der Waals surface area (Å²) in [5.74, 6) is -0.602. The monoisotopic (exact) mass is 496 g/mol. The van der Waals surface area contributed by atoms with Crippen molar-refractivity contribution in [1.29, 1.82) is 0 Å². The van der Waals surface area contributed by atoms with Crippen LogP contribution in [0.4, 0.5) is 11.4 Å². The summed E-state index contributed by atoms with van der Waals surface area (Å²) >= 11 is 0. The van der Waals surface area contributed by atoms with Crippen molar-refractivity contribution in [2.75, 3.05) is 18.0 Å². The molecule has 1 amide bonds. The number of methoxy groups -OCH3 is 1. The molecule has 182 valence electrons. The van der Waals surface area contributed by atoms with Crippen LogP contribution >= 0.6 is 0 Å². The van der Waals surface area contributed by atoms with Crippen LogP contribution in [0.1, 0.15) is 16.7 Å². The fourth-order valence-corrected chi connectivity index (χ4v) is 4.83. The van der Waals surface area contributed by atoms with Gasteiger partial charge in [-0.05, 0) is 61.4 Å². The lowest BCUT2D eigenvalue weighted by atomic mass is 10.1. The molecule has 35 heavy (non-hydrogen) atoms. The van der Waals surface area contributed by atoms with Crippen LogP contribution in [-0.2, 0) is 14.8 Å². The van der Waals surface area contributed by atoms with E-state index in [2.05, 4.69) is 10.5 Å². The maximum absolute atomic E-state index is 13.4. The molecule has 0 unspecified atom stereocenters. The Morgan fingerprint density at radius 3 is 2.34 bits per heavy atom. The lowest BCUT2D eigenvalue weighted by molar-refractivity contribution is -0.385. The second kappa shape index (κ2) is 10.8. The van der Waals surface area contributed by atoms with Gasteiger partial charge in [0.1, 0.15) is 6.54 Å². The molecule has 0 atom stereocenters. The molecule has 1 N–H and O–H groups in total. The summed E-state index contributed by atoms with van der Waals surface area (Å²) < 4.78 is 32.7. The number of nitrogens with zero attached hydrogens (tertiary/aromatic N) is 3. The molecule has 0 radical (unpaired) electrons. The van der Waals surface area contributed by atoms with Gasteiger partial charge in [-0.15, -0.1) is 0 Å². The molecular weight excluding hydrogens is 472 g/mol. The Hall–Kier alpha value is -4.25. The summed E-state index contributed by atoms with van der Waals surface area (Å²) in [6.45, 7) is 3.14. The zero-order chi connectivity index (χ0) is 25.6. The van der Waals surface area contributed by atoms with Gasteiger partial charge in [0.15, 0.2) is 5.75 Å². The first-order valence-corrected chi connectivity index (χ1v) is 11.9. The molecule has 0 heterocycles. The molecule has 11 heteroatoms. The first kappa shape index (κ1) is 25.4. The summed E-state index contributed by atoms with van der Waals surface area (Å²) in [6, 6.07) is 17.3. The largest absolute Gasteiger partial charge is 0.490 e. The van der Waals surface area contributed by atoms with Crippen LogP contribution in [0, 0.1) is 24.0 Å². The number of carbonyl (C=O) groups is 1. The highest BCUT2D eigenvalue weighted by molar-refractivity contribution is 7.92. The molecule has 3 rings (SSSR count). The number of nitro benzene ring substituents is 1. The van der Waals surface area contributed by atoms with Gasteiger partial charge < -0.3 is 4.74 Å². The molecule has 0 spiro atoms. The van der Waals surface area contributed by atoms with Crippen molar-refractivity contribution in [3.63, 3.8) is 0 Å². The fourth-order valence-electron chi connectivity index (χ4n) is 3.40. The normalized spacial score (nSPS) is 11.3. The number of amides is 1. The van der Waals surface area contributed by atoms with Crippen molar-refractivity contribution in [1.82, 2.24) is 5.43 Å². The number of hydrogen-bond donors (Lipinski definition) is 1. The van der Waals surface area contributed by atoms with Crippen LogP contribution in [0.2, 0.25) is 0 Å². The number of carbonyl (C=O) groups excluding carboxylic acids is 1. The molecule has 0 bridgehead atoms. The van der Waals surface area contributed by atoms with E-state index < -0.39 is 27.4 Å². The molecule has 3 aromatic carbocycles. The van der Waals surface area contributed by atoms with Gasteiger partial charge in [-0.2, -0.15) is 5.10 Å². The summed E-state index contributed by atoms with van der Waals surface area (Å²) in [7, 11) is -2.73. The minimum absolute atomic E-state index is 0.0426. The van der Waals surface area contributed by atoms with Gasteiger partial charge in [-0.25, -0.2) is 13.8 Å². The number of rotatable bonds is 9. The Bertz CT molecular complexity index is 1350. The molecule has 0 aliphatic heterocycles. The van der Waals surface area contributed by atoms with E-state index >= 15 is 0 Å². The molecule has 10 nitrogen and oxygen atoms in total. The van der Waals surface area contributed by atoms with E-state index in [0.717, 1.165) is 15.4 Å². The van der Waals surface area contributed by atoms with Crippen molar-refractivity contribution in [3.8, 4) is 5.75 Å². The summed E-state index contributed by atoms with van der Waals surface area (Å²) in [6.07, 6.45) is 1.22. The van der Waals surface area contributed by atoms with Crippen molar-refractivity contribution >= 4 is 33.5 Å². The zero-order valence-corrected chi connectivity index (χ0v) is 20.2. The smallest absolute Gasteiger partial charge is 0.311 e. The number of ether oxygens (including phenoxy) is 1.